The molecule has 0 unspecified atom stereocenters. The molecule has 1 heterocycles. The quantitative estimate of drug-likeness (QED) is 0.473. The molecular weight excluding hydrogens is 282 g/mol. The SMILES string of the molecule is CCO[C@H]1[C@H](c2ccc([N+](=O)[O-])cc2)SSC1(C)C. The van der Waals surface area contributed by atoms with Crippen LogP contribution in [0.15, 0.2) is 24.3 Å². The molecular formula is C13H17NO3S2. The first kappa shape index (κ1) is 14.7. The van der Waals surface area contributed by atoms with Crippen LogP contribution in [-0.4, -0.2) is 22.4 Å². The highest BCUT2D eigenvalue weighted by atomic mass is 33.1. The summed E-state index contributed by atoms with van der Waals surface area (Å²) in [5, 5.41) is 10.9. The van der Waals surface area contributed by atoms with Crippen LogP contribution in [0.25, 0.3) is 0 Å². The van der Waals surface area contributed by atoms with Gasteiger partial charge in [-0.1, -0.05) is 33.7 Å². The predicted molar refractivity (Wildman–Crippen MR) is 80.5 cm³/mol. The Labute approximate surface area is 120 Å². The van der Waals surface area contributed by atoms with Crippen LogP contribution < -0.4 is 0 Å². The van der Waals surface area contributed by atoms with Crippen molar-refractivity contribution in [3.8, 4) is 0 Å². The van der Waals surface area contributed by atoms with Crippen LogP contribution in [0.1, 0.15) is 31.6 Å². The lowest BCUT2D eigenvalue weighted by Gasteiger charge is -2.28. The van der Waals surface area contributed by atoms with E-state index in [1.807, 2.05) is 29.9 Å². The summed E-state index contributed by atoms with van der Waals surface area (Å²) in [6, 6.07) is 6.80. The fraction of sp³-hybridized carbons (Fsp3) is 0.538. The summed E-state index contributed by atoms with van der Waals surface area (Å²) in [7, 11) is 3.61. The molecule has 0 spiro atoms. The molecule has 0 saturated carbocycles. The maximum atomic E-state index is 10.7. The Hall–Kier alpha value is -0.720. The van der Waals surface area contributed by atoms with Crippen molar-refractivity contribution in [1.29, 1.82) is 0 Å². The van der Waals surface area contributed by atoms with Gasteiger partial charge in [0.15, 0.2) is 0 Å². The van der Waals surface area contributed by atoms with Crippen molar-refractivity contribution < 1.29 is 9.66 Å². The van der Waals surface area contributed by atoms with Gasteiger partial charge in [-0.3, -0.25) is 10.1 Å². The van der Waals surface area contributed by atoms with Crippen LogP contribution in [0.3, 0.4) is 0 Å². The van der Waals surface area contributed by atoms with E-state index in [1.165, 1.54) is 0 Å². The van der Waals surface area contributed by atoms with E-state index in [0.717, 1.165) is 5.56 Å². The van der Waals surface area contributed by atoms with E-state index in [1.54, 1.807) is 22.9 Å². The second kappa shape index (κ2) is 5.73. The molecule has 0 radical (unpaired) electrons. The van der Waals surface area contributed by atoms with Crippen LogP contribution in [-0.2, 0) is 4.74 Å². The average Bonchev–Trinajstić information content (AvgIpc) is 2.66. The lowest BCUT2D eigenvalue weighted by molar-refractivity contribution is -0.384. The summed E-state index contributed by atoms with van der Waals surface area (Å²) < 4.78 is 5.94. The lowest BCUT2D eigenvalue weighted by atomic mass is 9.97. The molecule has 1 fully saturated rings. The molecule has 1 aliphatic heterocycles. The second-order valence-corrected chi connectivity index (χ2v) is 7.92. The number of non-ortho nitro benzene ring substituents is 1. The van der Waals surface area contributed by atoms with Gasteiger partial charge in [-0.15, -0.1) is 0 Å². The Morgan fingerprint density at radius 3 is 2.53 bits per heavy atom. The largest absolute Gasteiger partial charge is 0.376 e. The van der Waals surface area contributed by atoms with E-state index in [-0.39, 0.29) is 26.7 Å². The summed E-state index contributed by atoms with van der Waals surface area (Å²) >= 11 is 0. The topological polar surface area (TPSA) is 52.4 Å². The lowest BCUT2D eigenvalue weighted by Crippen LogP contribution is -2.34. The van der Waals surface area contributed by atoms with Crippen molar-refractivity contribution >= 4 is 27.3 Å². The van der Waals surface area contributed by atoms with Gasteiger partial charge in [0.05, 0.1) is 16.3 Å². The third-order valence-corrected chi connectivity index (χ3v) is 6.79. The van der Waals surface area contributed by atoms with Gasteiger partial charge in [-0.05, 0) is 26.3 Å². The highest BCUT2D eigenvalue weighted by Crippen LogP contribution is 2.59. The minimum absolute atomic E-state index is 0.0487. The molecule has 6 heteroatoms. The number of hydrogen-bond acceptors (Lipinski definition) is 5. The van der Waals surface area contributed by atoms with Crippen LogP contribution in [0, 0.1) is 10.1 Å². The fourth-order valence-corrected chi connectivity index (χ4v) is 5.62. The molecule has 2 rings (SSSR count). The van der Waals surface area contributed by atoms with Gasteiger partial charge in [0.1, 0.15) is 0 Å². The minimum Gasteiger partial charge on any atom is -0.376 e. The van der Waals surface area contributed by atoms with E-state index >= 15 is 0 Å². The maximum absolute atomic E-state index is 10.7. The van der Waals surface area contributed by atoms with E-state index in [2.05, 4.69) is 13.8 Å². The first-order chi connectivity index (χ1) is 8.95. The van der Waals surface area contributed by atoms with Crippen molar-refractivity contribution in [2.45, 2.75) is 36.9 Å². The molecule has 4 nitrogen and oxygen atoms in total. The van der Waals surface area contributed by atoms with Crippen molar-refractivity contribution in [2.24, 2.45) is 0 Å². The number of nitro benzene ring substituents is 1. The van der Waals surface area contributed by atoms with Gasteiger partial charge in [0.25, 0.3) is 5.69 Å². The number of hydrogen-bond donors (Lipinski definition) is 0. The third-order valence-electron chi connectivity index (χ3n) is 3.11. The van der Waals surface area contributed by atoms with Crippen molar-refractivity contribution in [3.63, 3.8) is 0 Å². The summed E-state index contributed by atoms with van der Waals surface area (Å²) in [5.74, 6) is 0. The standard InChI is InChI=1S/C13H17NO3S2/c1-4-17-12-11(18-19-13(12,2)3)9-5-7-10(8-6-9)14(15)16/h5-8,11-12H,4H2,1-3H3/t11-,12-/m0/s1. The molecule has 0 amide bonds. The van der Waals surface area contributed by atoms with Gasteiger partial charge >= 0.3 is 0 Å². The van der Waals surface area contributed by atoms with E-state index in [4.69, 9.17) is 4.74 Å². The highest BCUT2D eigenvalue weighted by molar-refractivity contribution is 8.77. The van der Waals surface area contributed by atoms with Crippen LogP contribution >= 0.6 is 21.6 Å². The van der Waals surface area contributed by atoms with Gasteiger partial charge in [-0.25, -0.2) is 0 Å². The first-order valence-electron chi connectivity index (χ1n) is 6.16. The number of nitro groups is 1. The Morgan fingerprint density at radius 1 is 1.37 bits per heavy atom. The summed E-state index contributed by atoms with van der Waals surface area (Å²) in [6.07, 6.45) is 0.119. The van der Waals surface area contributed by atoms with Crippen molar-refractivity contribution in [2.75, 3.05) is 6.61 Å². The Bertz CT molecular complexity index is 461. The van der Waals surface area contributed by atoms with E-state index < -0.39 is 0 Å². The Morgan fingerprint density at radius 2 is 2.00 bits per heavy atom. The van der Waals surface area contributed by atoms with Gasteiger partial charge in [0.2, 0.25) is 0 Å². The molecule has 1 aromatic carbocycles. The summed E-state index contributed by atoms with van der Waals surface area (Å²) in [4.78, 5) is 10.3. The molecule has 104 valence electrons. The van der Waals surface area contributed by atoms with Crippen LogP contribution in [0.5, 0.6) is 0 Å². The Balaban J connectivity index is 2.23. The van der Waals surface area contributed by atoms with Crippen LogP contribution in [0.2, 0.25) is 0 Å². The third kappa shape index (κ3) is 3.07. The maximum Gasteiger partial charge on any atom is 0.269 e. The molecule has 1 aromatic rings. The molecule has 1 aliphatic rings. The van der Waals surface area contributed by atoms with E-state index in [0.29, 0.717) is 6.61 Å². The van der Waals surface area contributed by atoms with Crippen molar-refractivity contribution in [1.82, 2.24) is 0 Å². The van der Waals surface area contributed by atoms with Crippen LogP contribution in [0.4, 0.5) is 5.69 Å². The zero-order valence-corrected chi connectivity index (χ0v) is 12.8. The molecule has 0 N–H and O–H groups in total. The fourth-order valence-electron chi connectivity index (χ4n) is 2.12. The molecule has 2 atom stereocenters. The zero-order valence-electron chi connectivity index (χ0n) is 11.2. The zero-order chi connectivity index (χ0) is 14.0. The number of nitrogens with zero attached hydrogens (tertiary/aromatic N) is 1. The number of rotatable bonds is 4. The smallest absolute Gasteiger partial charge is 0.269 e. The normalized spacial score (nSPS) is 25.4. The van der Waals surface area contributed by atoms with Gasteiger partial charge in [0, 0.05) is 23.5 Å². The first-order valence-corrected chi connectivity index (χ1v) is 8.37. The minimum atomic E-state index is -0.371. The summed E-state index contributed by atoms with van der Waals surface area (Å²) in [5.41, 5.74) is 1.22. The van der Waals surface area contributed by atoms with Gasteiger partial charge < -0.3 is 4.74 Å². The molecule has 1 saturated heterocycles. The Kier molecular flexibility index (Phi) is 4.43. The van der Waals surface area contributed by atoms with E-state index in [9.17, 15) is 10.1 Å². The number of benzene rings is 1. The monoisotopic (exact) mass is 299 g/mol. The molecule has 0 bridgehead atoms. The number of ether oxygens (including phenoxy) is 1. The average molecular weight is 299 g/mol. The molecule has 0 aromatic heterocycles. The second-order valence-electron chi connectivity index (χ2n) is 4.93. The highest BCUT2D eigenvalue weighted by Gasteiger charge is 2.45. The summed E-state index contributed by atoms with van der Waals surface area (Å²) in [6.45, 7) is 7.03. The predicted octanol–water partition coefficient (Wildman–Crippen LogP) is 4.21. The van der Waals surface area contributed by atoms with Gasteiger partial charge in [-0.2, -0.15) is 0 Å². The molecule has 19 heavy (non-hydrogen) atoms. The van der Waals surface area contributed by atoms with Crippen molar-refractivity contribution in [3.05, 3.63) is 39.9 Å². The molecule has 0 aliphatic carbocycles.